The molecule has 0 bridgehead atoms. The number of nitrogens with zero attached hydrogens (tertiary/aromatic N) is 1. The number of hydrogen-bond acceptors (Lipinski definition) is 1. The van der Waals surface area contributed by atoms with Crippen LogP contribution in [0, 0.1) is 5.92 Å². The van der Waals surface area contributed by atoms with Gasteiger partial charge in [0.25, 0.3) is 0 Å². The summed E-state index contributed by atoms with van der Waals surface area (Å²) in [5, 5.41) is 0. The van der Waals surface area contributed by atoms with Crippen molar-refractivity contribution in [2.45, 2.75) is 33.1 Å². The van der Waals surface area contributed by atoms with Gasteiger partial charge >= 0.3 is 0 Å². The summed E-state index contributed by atoms with van der Waals surface area (Å²) >= 11 is 0. The molecule has 1 unspecified atom stereocenters. The number of allylic oxidation sites excluding steroid dienone is 1. The molecule has 0 radical (unpaired) electrons. The molecule has 0 saturated carbocycles. The Balaban J connectivity index is 2.47. The van der Waals surface area contributed by atoms with Gasteiger partial charge in [0.15, 0.2) is 0 Å². The van der Waals surface area contributed by atoms with Crippen molar-refractivity contribution >= 4 is 0 Å². The quantitative estimate of drug-likeness (QED) is 0.501. The maximum atomic E-state index is 2.42. The first-order valence-corrected chi connectivity index (χ1v) is 5.02. The predicted molar refractivity (Wildman–Crippen MR) is 54.3 cm³/mol. The first kappa shape index (κ1) is 9.79. The molecule has 1 aliphatic heterocycles. The van der Waals surface area contributed by atoms with E-state index in [2.05, 4.69) is 31.9 Å². The average Bonchev–Trinajstić information content (AvgIpc) is 2.05. The molecule has 0 fully saturated rings. The van der Waals surface area contributed by atoms with Crippen LogP contribution in [0.3, 0.4) is 0 Å². The lowest BCUT2D eigenvalue weighted by molar-refractivity contribution is 0.303. The zero-order valence-electron chi connectivity index (χ0n) is 8.64. The minimum Gasteiger partial charge on any atom is -0.302 e. The van der Waals surface area contributed by atoms with Crippen LogP contribution in [0.25, 0.3) is 0 Å². The van der Waals surface area contributed by atoms with E-state index in [1.807, 2.05) is 0 Å². The van der Waals surface area contributed by atoms with Crippen LogP contribution in [0.2, 0.25) is 0 Å². The van der Waals surface area contributed by atoms with Crippen molar-refractivity contribution in [1.82, 2.24) is 4.90 Å². The highest BCUT2D eigenvalue weighted by Crippen LogP contribution is 2.15. The van der Waals surface area contributed by atoms with E-state index in [1.165, 1.54) is 25.8 Å². The van der Waals surface area contributed by atoms with E-state index in [0.717, 1.165) is 12.5 Å². The Kier molecular flexibility index (Phi) is 3.80. The van der Waals surface area contributed by atoms with Crippen LogP contribution < -0.4 is 0 Å². The van der Waals surface area contributed by atoms with Gasteiger partial charge in [0.2, 0.25) is 0 Å². The summed E-state index contributed by atoms with van der Waals surface area (Å²) in [7, 11) is 2.21. The zero-order valence-corrected chi connectivity index (χ0v) is 8.64. The summed E-state index contributed by atoms with van der Waals surface area (Å²) in [5.74, 6) is 0.870. The second-order valence-electron chi connectivity index (χ2n) is 4.27. The topological polar surface area (TPSA) is 3.24 Å². The van der Waals surface area contributed by atoms with Gasteiger partial charge in [0.1, 0.15) is 0 Å². The Hall–Kier alpha value is -0.300. The van der Waals surface area contributed by atoms with Crippen LogP contribution in [-0.4, -0.2) is 25.0 Å². The normalized spacial score (nSPS) is 32.9. The molecule has 0 aromatic heterocycles. The lowest BCUT2D eigenvalue weighted by Gasteiger charge is -2.18. The highest BCUT2D eigenvalue weighted by molar-refractivity contribution is 4.99. The maximum absolute atomic E-state index is 2.42. The van der Waals surface area contributed by atoms with E-state index in [1.54, 1.807) is 5.57 Å². The van der Waals surface area contributed by atoms with Crippen LogP contribution >= 0.6 is 0 Å². The molecule has 0 spiro atoms. The Bertz CT molecular complexity index is 160. The van der Waals surface area contributed by atoms with E-state index in [0.29, 0.717) is 0 Å². The van der Waals surface area contributed by atoms with Crippen LogP contribution in [0.1, 0.15) is 33.1 Å². The van der Waals surface area contributed by atoms with Crippen molar-refractivity contribution in [3.63, 3.8) is 0 Å². The van der Waals surface area contributed by atoms with Gasteiger partial charge in [-0.2, -0.15) is 0 Å². The average molecular weight is 167 g/mol. The minimum absolute atomic E-state index is 0.870. The molecule has 0 saturated heterocycles. The number of rotatable bonds is 0. The fourth-order valence-electron chi connectivity index (χ4n) is 1.84. The highest BCUT2D eigenvalue weighted by Gasteiger charge is 2.07. The molecule has 1 nitrogen and oxygen atoms in total. The van der Waals surface area contributed by atoms with Crippen LogP contribution in [0.15, 0.2) is 11.6 Å². The summed E-state index contributed by atoms with van der Waals surface area (Å²) in [6.45, 7) is 7.00. The summed E-state index contributed by atoms with van der Waals surface area (Å²) in [5.41, 5.74) is 1.57. The highest BCUT2D eigenvalue weighted by atomic mass is 15.1. The molecule has 0 aromatic carbocycles. The SMILES string of the molecule is C/C1=C/CN(C)CC(C)CCC1. The molecule has 1 atom stereocenters. The van der Waals surface area contributed by atoms with Gasteiger partial charge in [0, 0.05) is 13.1 Å². The van der Waals surface area contributed by atoms with Gasteiger partial charge in [-0.15, -0.1) is 0 Å². The lowest BCUT2D eigenvalue weighted by Crippen LogP contribution is -2.24. The molecular weight excluding hydrogens is 146 g/mol. The van der Waals surface area contributed by atoms with Crippen molar-refractivity contribution in [2.24, 2.45) is 5.92 Å². The molecule has 0 amide bonds. The molecule has 1 rings (SSSR count). The molecule has 70 valence electrons. The van der Waals surface area contributed by atoms with Crippen molar-refractivity contribution in [1.29, 1.82) is 0 Å². The Labute approximate surface area is 76.5 Å². The fraction of sp³-hybridized carbons (Fsp3) is 0.818. The largest absolute Gasteiger partial charge is 0.302 e. The molecule has 0 N–H and O–H groups in total. The Morgan fingerprint density at radius 3 is 3.00 bits per heavy atom. The van der Waals surface area contributed by atoms with Gasteiger partial charge in [0.05, 0.1) is 0 Å². The van der Waals surface area contributed by atoms with Gasteiger partial charge in [-0.1, -0.05) is 18.6 Å². The summed E-state index contributed by atoms with van der Waals surface area (Å²) < 4.78 is 0. The Morgan fingerprint density at radius 1 is 1.50 bits per heavy atom. The molecule has 1 heterocycles. The van der Waals surface area contributed by atoms with Crippen LogP contribution in [0.5, 0.6) is 0 Å². The maximum Gasteiger partial charge on any atom is 0.0162 e. The summed E-state index contributed by atoms with van der Waals surface area (Å²) in [6.07, 6.45) is 6.43. The van der Waals surface area contributed by atoms with Gasteiger partial charge in [-0.05, 0) is 39.2 Å². The molecular formula is C11H21N. The first-order valence-electron chi connectivity index (χ1n) is 5.02. The van der Waals surface area contributed by atoms with Gasteiger partial charge in [-0.3, -0.25) is 0 Å². The van der Waals surface area contributed by atoms with Crippen molar-refractivity contribution < 1.29 is 0 Å². The third kappa shape index (κ3) is 3.40. The standard InChI is InChI=1S/C11H21N/c1-10-5-4-6-11(2)9-12(3)8-7-10/h7,11H,4-6,8-9H2,1-3H3/b10-7-. The Morgan fingerprint density at radius 2 is 2.25 bits per heavy atom. The van der Waals surface area contributed by atoms with Crippen molar-refractivity contribution in [2.75, 3.05) is 20.1 Å². The summed E-state index contributed by atoms with van der Waals surface area (Å²) in [6, 6.07) is 0. The van der Waals surface area contributed by atoms with E-state index < -0.39 is 0 Å². The monoisotopic (exact) mass is 167 g/mol. The van der Waals surface area contributed by atoms with Crippen molar-refractivity contribution in [3.05, 3.63) is 11.6 Å². The fourth-order valence-corrected chi connectivity index (χ4v) is 1.84. The number of hydrogen-bond donors (Lipinski definition) is 0. The zero-order chi connectivity index (χ0) is 8.97. The molecule has 12 heavy (non-hydrogen) atoms. The van der Waals surface area contributed by atoms with Crippen LogP contribution in [-0.2, 0) is 0 Å². The van der Waals surface area contributed by atoms with E-state index in [9.17, 15) is 0 Å². The molecule has 0 aliphatic carbocycles. The van der Waals surface area contributed by atoms with E-state index in [4.69, 9.17) is 0 Å². The minimum atomic E-state index is 0.870. The molecule has 1 aliphatic rings. The van der Waals surface area contributed by atoms with E-state index in [-0.39, 0.29) is 0 Å². The third-order valence-corrected chi connectivity index (χ3v) is 2.64. The van der Waals surface area contributed by atoms with Crippen molar-refractivity contribution in [3.8, 4) is 0 Å². The van der Waals surface area contributed by atoms with Gasteiger partial charge < -0.3 is 4.90 Å². The molecule has 1 heteroatoms. The summed E-state index contributed by atoms with van der Waals surface area (Å²) in [4.78, 5) is 2.42. The number of likely N-dealkylation sites (N-methyl/N-ethyl adjacent to an activating group) is 1. The van der Waals surface area contributed by atoms with E-state index >= 15 is 0 Å². The third-order valence-electron chi connectivity index (χ3n) is 2.64. The second-order valence-corrected chi connectivity index (χ2v) is 4.27. The predicted octanol–water partition coefficient (Wildman–Crippen LogP) is 2.68. The van der Waals surface area contributed by atoms with Gasteiger partial charge in [-0.25, -0.2) is 0 Å². The lowest BCUT2D eigenvalue weighted by atomic mass is 10.0. The van der Waals surface area contributed by atoms with Crippen LogP contribution in [0.4, 0.5) is 0 Å². The first-order chi connectivity index (χ1) is 5.68. The second kappa shape index (κ2) is 4.66. The molecule has 0 aromatic rings. The smallest absolute Gasteiger partial charge is 0.0162 e.